The third-order valence-corrected chi connectivity index (χ3v) is 2.91. The van der Waals surface area contributed by atoms with Gasteiger partial charge in [0, 0.05) is 6.20 Å². The number of rotatable bonds is 5. The molecule has 4 nitrogen and oxygen atoms in total. The van der Waals surface area contributed by atoms with Gasteiger partial charge in [-0.1, -0.05) is 0 Å². The maximum absolute atomic E-state index is 11.7. The van der Waals surface area contributed by atoms with Crippen LogP contribution in [0.5, 0.6) is 0 Å². The zero-order valence-electron chi connectivity index (χ0n) is 10.4. The minimum absolute atomic E-state index is 0. The van der Waals surface area contributed by atoms with E-state index in [0.717, 1.165) is 17.0 Å². The lowest BCUT2D eigenvalue weighted by Gasteiger charge is -2.12. The summed E-state index contributed by atoms with van der Waals surface area (Å²) in [6, 6.07) is 1.40. The van der Waals surface area contributed by atoms with Crippen LogP contribution in [0.25, 0.3) is 0 Å². The van der Waals surface area contributed by atoms with Gasteiger partial charge in [-0.05, 0) is 37.0 Å². The predicted octanol–water partition coefficient (Wildman–Crippen LogP) is 2.25. The van der Waals surface area contributed by atoms with Gasteiger partial charge in [-0.25, -0.2) is 0 Å². The quantitative estimate of drug-likeness (QED) is 0.875. The summed E-state index contributed by atoms with van der Waals surface area (Å²) < 4.78 is 0. The zero-order valence-corrected chi connectivity index (χ0v) is 12.8. The number of amides is 1. The van der Waals surface area contributed by atoms with Crippen LogP contribution < -0.4 is 11.1 Å². The van der Waals surface area contributed by atoms with Crippen LogP contribution >= 0.6 is 36.6 Å². The van der Waals surface area contributed by atoms with Gasteiger partial charge in [-0.15, -0.1) is 24.8 Å². The normalized spacial score (nSPS) is 10.8. The number of carbonyl (C=O) groups excluding carboxylic acids is 1. The summed E-state index contributed by atoms with van der Waals surface area (Å²) >= 11 is 1.68. The van der Waals surface area contributed by atoms with Crippen LogP contribution in [0, 0.1) is 6.92 Å². The van der Waals surface area contributed by atoms with Crippen molar-refractivity contribution >= 4 is 48.2 Å². The highest BCUT2D eigenvalue weighted by Crippen LogP contribution is 2.12. The molecule has 0 saturated carbocycles. The Labute approximate surface area is 124 Å². The third kappa shape index (κ3) is 6.44. The first-order chi connectivity index (χ1) is 7.65. The summed E-state index contributed by atoms with van der Waals surface area (Å²) in [5.74, 6) is 0.741. The van der Waals surface area contributed by atoms with Gasteiger partial charge in [0.2, 0.25) is 5.91 Å². The first-order valence-electron chi connectivity index (χ1n) is 5.11. The topological polar surface area (TPSA) is 68.0 Å². The molecule has 1 aromatic rings. The van der Waals surface area contributed by atoms with Crippen LogP contribution in [0.4, 0.5) is 5.69 Å². The molecule has 0 fully saturated rings. The van der Waals surface area contributed by atoms with Crippen molar-refractivity contribution in [3.63, 3.8) is 0 Å². The van der Waals surface area contributed by atoms with E-state index in [0.29, 0.717) is 6.42 Å². The zero-order chi connectivity index (χ0) is 12.0. The Bertz CT molecular complexity index is 366. The monoisotopic (exact) mass is 311 g/mol. The maximum atomic E-state index is 11.7. The molecule has 0 aliphatic carbocycles. The third-order valence-electron chi connectivity index (χ3n) is 2.27. The van der Waals surface area contributed by atoms with Crippen molar-refractivity contribution in [3.8, 4) is 0 Å². The fourth-order valence-corrected chi connectivity index (χ4v) is 1.69. The van der Waals surface area contributed by atoms with Crippen molar-refractivity contribution in [1.82, 2.24) is 4.98 Å². The highest BCUT2D eigenvalue weighted by atomic mass is 35.5. The van der Waals surface area contributed by atoms with Gasteiger partial charge in [0.1, 0.15) is 0 Å². The van der Waals surface area contributed by atoms with Crippen LogP contribution in [0.15, 0.2) is 18.5 Å². The molecule has 104 valence electrons. The van der Waals surface area contributed by atoms with E-state index < -0.39 is 6.04 Å². The highest BCUT2D eigenvalue weighted by molar-refractivity contribution is 7.98. The summed E-state index contributed by atoms with van der Waals surface area (Å²) in [6.07, 6.45) is 6.01. The van der Waals surface area contributed by atoms with Crippen molar-refractivity contribution in [3.05, 3.63) is 24.0 Å². The number of nitrogens with one attached hydrogen (secondary N) is 1. The molecule has 0 unspecified atom stereocenters. The molecule has 0 spiro atoms. The molecule has 1 heterocycles. The molecule has 0 aromatic carbocycles. The van der Waals surface area contributed by atoms with Gasteiger partial charge in [0.25, 0.3) is 0 Å². The number of carbonyl (C=O) groups is 1. The summed E-state index contributed by atoms with van der Waals surface area (Å²) in [5, 5.41) is 2.78. The SMILES string of the molecule is CSCC[C@H](N)C(=O)Nc1cnccc1C.Cl.Cl. The summed E-state index contributed by atoms with van der Waals surface area (Å²) in [7, 11) is 0. The molecule has 1 amide bonds. The second-order valence-corrected chi connectivity index (χ2v) is 4.55. The first-order valence-corrected chi connectivity index (χ1v) is 6.50. The van der Waals surface area contributed by atoms with E-state index >= 15 is 0 Å². The van der Waals surface area contributed by atoms with E-state index in [9.17, 15) is 4.79 Å². The van der Waals surface area contributed by atoms with E-state index in [2.05, 4.69) is 10.3 Å². The number of pyridine rings is 1. The van der Waals surface area contributed by atoms with E-state index in [1.807, 2.05) is 19.2 Å². The first kappa shape index (κ1) is 19.8. The molecule has 7 heteroatoms. The highest BCUT2D eigenvalue weighted by Gasteiger charge is 2.13. The summed E-state index contributed by atoms with van der Waals surface area (Å²) in [6.45, 7) is 1.92. The molecular weight excluding hydrogens is 293 g/mol. The second-order valence-electron chi connectivity index (χ2n) is 3.57. The van der Waals surface area contributed by atoms with E-state index in [4.69, 9.17) is 5.73 Å². The van der Waals surface area contributed by atoms with Gasteiger partial charge in [0.15, 0.2) is 0 Å². The van der Waals surface area contributed by atoms with E-state index in [1.165, 1.54) is 0 Å². The minimum atomic E-state index is -0.452. The Morgan fingerprint density at radius 2 is 2.22 bits per heavy atom. The number of nitrogens with two attached hydrogens (primary N) is 1. The van der Waals surface area contributed by atoms with Crippen molar-refractivity contribution in [2.75, 3.05) is 17.3 Å². The smallest absolute Gasteiger partial charge is 0.241 e. The molecule has 0 bridgehead atoms. The van der Waals surface area contributed by atoms with Crippen molar-refractivity contribution in [2.24, 2.45) is 5.73 Å². The van der Waals surface area contributed by atoms with E-state index in [1.54, 1.807) is 24.2 Å². The molecule has 1 aromatic heterocycles. The number of aryl methyl sites for hydroxylation is 1. The van der Waals surface area contributed by atoms with E-state index in [-0.39, 0.29) is 30.7 Å². The van der Waals surface area contributed by atoms with Crippen LogP contribution in [-0.4, -0.2) is 28.9 Å². The minimum Gasteiger partial charge on any atom is -0.323 e. The number of thioether (sulfide) groups is 1. The molecule has 0 saturated heterocycles. The Balaban J connectivity index is 0. The predicted molar refractivity (Wildman–Crippen MR) is 83.1 cm³/mol. The number of anilines is 1. The average molecular weight is 312 g/mol. The van der Waals surface area contributed by atoms with Crippen molar-refractivity contribution in [2.45, 2.75) is 19.4 Å². The van der Waals surface area contributed by atoms with Crippen molar-refractivity contribution < 1.29 is 4.79 Å². The van der Waals surface area contributed by atoms with Gasteiger partial charge < -0.3 is 11.1 Å². The Hall–Kier alpha value is -0.490. The molecule has 1 rings (SSSR count). The largest absolute Gasteiger partial charge is 0.323 e. The van der Waals surface area contributed by atoms with Gasteiger partial charge in [-0.2, -0.15) is 11.8 Å². The molecule has 1 atom stereocenters. The van der Waals surface area contributed by atoms with Crippen LogP contribution in [0.2, 0.25) is 0 Å². The number of aromatic nitrogens is 1. The number of halogens is 2. The summed E-state index contributed by atoms with van der Waals surface area (Å²) in [5.41, 5.74) is 7.47. The van der Waals surface area contributed by atoms with Crippen molar-refractivity contribution in [1.29, 1.82) is 0 Å². The molecule has 0 radical (unpaired) electrons. The fourth-order valence-electron chi connectivity index (χ4n) is 1.20. The Kier molecular flexibility index (Phi) is 11.5. The second kappa shape index (κ2) is 10.4. The number of nitrogens with zero attached hydrogens (tertiary/aromatic N) is 1. The Morgan fingerprint density at radius 3 is 2.78 bits per heavy atom. The number of hydrogen-bond donors (Lipinski definition) is 2. The fraction of sp³-hybridized carbons (Fsp3) is 0.455. The van der Waals surface area contributed by atoms with Gasteiger partial charge in [0.05, 0.1) is 17.9 Å². The lowest BCUT2D eigenvalue weighted by Crippen LogP contribution is -2.36. The molecule has 18 heavy (non-hydrogen) atoms. The van der Waals surface area contributed by atoms with Gasteiger partial charge >= 0.3 is 0 Å². The maximum Gasteiger partial charge on any atom is 0.241 e. The number of hydrogen-bond acceptors (Lipinski definition) is 4. The molecular formula is C11H19Cl2N3OS. The van der Waals surface area contributed by atoms with Crippen LogP contribution in [-0.2, 0) is 4.79 Å². The van der Waals surface area contributed by atoms with Crippen LogP contribution in [0.3, 0.4) is 0 Å². The van der Waals surface area contributed by atoms with Crippen LogP contribution in [0.1, 0.15) is 12.0 Å². The lowest BCUT2D eigenvalue weighted by atomic mass is 10.2. The molecule has 3 N–H and O–H groups in total. The average Bonchev–Trinajstić information content (AvgIpc) is 2.28. The molecule has 0 aliphatic rings. The standard InChI is InChI=1S/C11H17N3OS.2ClH/c1-8-3-5-13-7-10(8)14-11(15)9(12)4-6-16-2;;/h3,5,7,9H,4,6,12H2,1-2H3,(H,14,15);2*1H/t9-;;/m0../s1. The summed E-state index contributed by atoms with van der Waals surface area (Å²) in [4.78, 5) is 15.7. The van der Waals surface area contributed by atoms with Gasteiger partial charge in [-0.3, -0.25) is 9.78 Å². The molecule has 0 aliphatic heterocycles. The lowest BCUT2D eigenvalue weighted by molar-refractivity contribution is -0.117. The Morgan fingerprint density at radius 1 is 1.56 bits per heavy atom.